The number of carboxylic acid groups (broad SMARTS) is 1. The van der Waals surface area contributed by atoms with Gasteiger partial charge in [0.15, 0.2) is 6.04 Å². The molecule has 31 heavy (non-hydrogen) atoms. The average Bonchev–Trinajstić information content (AvgIpc) is 2.96. The van der Waals surface area contributed by atoms with E-state index in [1.807, 2.05) is 12.1 Å². The van der Waals surface area contributed by atoms with Gasteiger partial charge in [-0.3, -0.25) is 0 Å². The predicted molar refractivity (Wildman–Crippen MR) is 114 cm³/mol. The molecule has 1 heterocycles. The third kappa shape index (κ3) is 3.10. The smallest absolute Gasteiger partial charge is 0.479 e. The number of carbonyl (C=O) groups excluding carboxylic acids is 1. The monoisotopic (exact) mass is 427 g/mol. The molecule has 4 aliphatic rings. The summed E-state index contributed by atoms with van der Waals surface area (Å²) < 4.78 is 18.0. The van der Waals surface area contributed by atoms with Gasteiger partial charge < -0.3 is 24.5 Å². The van der Waals surface area contributed by atoms with Crippen LogP contribution in [0.1, 0.15) is 59.1 Å². The van der Waals surface area contributed by atoms with Gasteiger partial charge in [-0.1, -0.05) is 31.2 Å². The maximum absolute atomic E-state index is 12.1. The molecule has 0 spiro atoms. The molecule has 0 bridgehead atoms. The van der Waals surface area contributed by atoms with Crippen molar-refractivity contribution in [2.24, 2.45) is 23.2 Å². The molecule has 0 aromatic heterocycles. The average molecular weight is 427 g/mol. The maximum Gasteiger partial charge on any atom is 0.494 e. The van der Waals surface area contributed by atoms with Crippen LogP contribution < -0.4 is 10.8 Å². The number of hydrogen-bond acceptors (Lipinski definition) is 5. The lowest BCUT2D eigenvalue weighted by Crippen LogP contribution is -2.54. The maximum atomic E-state index is 12.1. The fourth-order valence-corrected chi connectivity index (χ4v) is 6.43. The Bertz CT molecular complexity index is 929. The summed E-state index contributed by atoms with van der Waals surface area (Å²) in [6, 6.07) is 5.83. The quantitative estimate of drug-likeness (QED) is 0.718. The highest BCUT2D eigenvalue weighted by Gasteiger charge is 2.81. The number of benzene rings is 1. The van der Waals surface area contributed by atoms with Crippen LogP contribution in [0.5, 0.6) is 0 Å². The molecule has 4 unspecified atom stereocenters. The summed E-state index contributed by atoms with van der Waals surface area (Å²) in [5.74, 6) is 1.02. The second-order valence-corrected chi connectivity index (χ2v) is 10.9. The van der Waals surface area contributed by atoms with Crippen molar-refractivity contribution >= 4 is 24.6 Å². The van der Waals surface area contributed by atoms with E-state index in [1.165, 1.54) is 6.42 Å². The van der Waals surface area contributed by atoms with Gasteiger partial charge in [-0.15, -0.1) is 0 Å². The fraction of sp³-hybridized carbons (Fsp3) is 0.652. The number of nitrogens with one attached hydrogen (secondary N) is 1. The van der Waals surface area contributed by atoms with Gasteiger partial charge in [-0.2, -0.15) is 0 Å². The van der Waals surface area contributed by atoms with Crippen molar-refractivity contribution in [3.8, 4) is 0 Å². The number of carboxylic acids is 1. The van der Waals surface area contributed by atoms with E-state index in [1.54, 1.807) is 32.9 Å². The van der Waals surface area contributed by atoms with E-state index in [4.69, 9.17) is 14.0 Å². The molecular formula is C23H30BNO6. The molecule has 1 aromatic carbocycles. The van der Waals surface area contributed by atoms with Crippen molar-refractivity contribution in [2.45, 2.75) is 70.8 Å². The van der Waals surface area contributed by atoms with Crippen molar-refractivity contribution < 1.29 is 28.7 Å². The molecule has 2 N–H and O–H groups in total. The van der Waals surface area contributed by atoms with Crippen molar-refractivity contribution in [1.82, 2.24) is 5.32 Å². The Balaban J connectivity index is 1.29. The minimum atomic E-state index is -1.20. The SMILES string of the molecule is CC(C)(C)OC(=O)NC(C(=O)O)c1ccc(B2OC3C[C@@H]4C5C[C@@H](C54C)[C@]3(C)O2)cc1. The van der Waals surface area contributed by atoms with E-state index >= 15 is 0 Å². The Labute approximate surface area is 183 Å². The van der Waals surface area contributed by atoms with Crippen LogP contribution in [0.3, 0.4) is 0 Å². The minimum Gasteiger partial charge on any atom is -0.479 e. The molecule has 3 saturated carbocycles. The first-order chi connectivity index (χ1) is 14.4. The van der Waals surface area contributed by atoms with Gasteiger partial charge in [0.05, 0.1) is 11.7 Å². The molecule has 4 fully saturated rings. The second-order valence-electron chi connectivity index (χ2n) is 10.9. The largest absolute Gasteiger partial charge is 0.494 e. The van der Waals surface area contributed by atoms with Crippen molar-refractivity contribution in [3.05, 3.63) is 29.8 Å². The third-order valence-corrected chi connectivity index (χ3v) is 8.11. The summed E-state index contributed by atoms with van der Waals surface area (Å²) in [4.78, 5) is 23.8. The van der Waals surface area contributed by atoms with E-state index in [-0.39, 0.29) is 11.7 Å². The highest BCUT2D eigenvalue weighted by Crippen LogP contribution is 2.82. The minimum absolute atomic E-state index is 0.105. The number of amides is 1. The molecular weight excluding hydrogens is 397 g/mol. The highest BCUT2D eigenvalue weighted by molar-refractivity contribution is 6.62. The molecule has 7 nitrogen and oxygen atoms in total. The van der Waals surface area contributed by atoms with Gasteiger partial charge in [0.25, 0.3) is 0 Å². The standard InChI is InChI=1S/C23H30BNO6/c1-21(2,3)29-20(28)25-18(19(26)27)12-6-8-13(9-7-12)24-30-17-11-15-14-10-16(22(14,15)4)23(17,5)31-24/h6-9,14-18H,10-11H2,1-5H3,(H,25,28)(H,26,27)/t14?,15-,16+,17?,18?,22?,23+/m1/s1. The van der Waals surface area contributed by atoms with Crippen LogP contribution in [0.2, 0.25) is 0 Å². The summed E-state index contributed by atoms with van der Waals surface area (Å²) in [5.41, 5.74) is 0.785. The Morgan fingerprint density at radius 3 is 2.45 bits per heavy atom. The topological polar surface area (TPSA) is 94.1 Å². The van der Waals surface area contributed by atoms with Crippen LogP contribution in [-0.2, 0) is 18.8 Å². The van der Waals surface area contributed by atoms with E-state index in [9.17, 15) is 14.7 Å². The zero-order chi connectivity index (χ0) is 22.3. The summed E-state index contributed by atoms with van der Waals surface area (Å²) in [7, 11) is -0.453. The van der Waals surface area contributed by atoms with Gasteiger partial charge in [-0.25, -0.2) is 9.59 Å². The van der Waals surface area contributed by atoms with E-state index < -0.39 is 30.8 Å². The number of aliphatic carboxylic acids is 1. The molecule has 0 radical (unpaired) electrons. The van der Waals surface area contributed by atoms with Gasteiger partial charge in [0.2, 0.25) is 0 Å². The van der Waals surface area contributed by atoms with Gasteiger partial charge in [0, 0.05) is 0 Å². The number of fused-ring (bicyclic) bond motifs is 3. The van der Waals surface area contributed by atoms with Gasteiger partial charge >= 0.3 is 19.2 Å². The van der Waals surface area contributed by atoms with Crippen LogP contribution >= 0.6 is 0 Å². The van der Waals surface area contributed by atoms with Crippen molar-refractivity contribution in [1.29, 1.82) is 0 Å². The number of ether oxygens (including phenoxy) is 1. The lowest BCUT2D eigenvalue weighted by atomic mass is 9.61. The number of hydrogen-bond donors (Lipinski definition) is 2. The molecule has 3 aliphatic carbocycles. The lowest BCUT2D eigenvalue weighted by Gasteiger charge is -2.49. The number of rotatable bonds is 4. The molecule has 5 rings (SSSR count). The first-order valence-electron chi connectivity index (χ1n) is 11.1. The molecule has 166 valence electrons. The van der Waals surface area contributed by atoms with E-state index in [0.29, 0.717) is 16.9 Å². The Morgan fingerprint density at radius 1 is 1.19 bits per heavy atom. The van der Waals surface area contributed by atoms with E-state index in [0.717, 1.165) is 23.7 Å². The molecule has 1 amide bonds. The highest BCUT2D eigenvalue weighted by atomic mass is 16.7. The van der Waals surface area contributed by atoms with Gasteiger partial charge in [-0.05, 0) is 74.7 Å². The summed E-state index contributed by atoms with van der Waals surface area (Å²) >= 11 is 0. The summed E-state index contributed by atoms with van der Waals surface area (Å²) in [5, 5.41) is 12.0. The molecule has 1 aromatic rings. The summed E-state index contributed by atoms with van der Waals surface area (Å²) in [6.07, 6.45) is 1.63. The van der Waals surface area contributed by atoms with Crippen molar-refractivity contribution in [2.75, 3.05) is 0 Å². The first kappa shape index (κ1) is 20.8. The summed E-state index contributed by atoms with van der Waals surface area (Å²) in [6.45, 7) is 9.77. The second kappa shape index (κ2) is 6.48. The third-order valence-electron chi connectivity index (χ3n) is 8.11. The lowest BCUT2D eigenvalue weighted by molar-refractivity contribution is -0.139. The van der Waals surface area contributed by atoms with Crippen molar-refractivity contribution in [3.63, 3.8) is 0 Å². The molecule has 8 heteroatoms. The zero-order valence-electron chi connectivity index (χ0n) is 18.7. The molecule has 1 aliphatic heterocycles. The number of carbonyl (C=O) groups is 2. The Morgan fingerprint density at radius 2 is 1.84 bits per heavy atom. The Kier molecular flexibility index (Phi) is 4.35. The number of alkyl carbamates (subject to hydrolysis) is 1. The first-order valence-corrected chi connectivity index (χ1v) is 11.1. The Hall–Kier alpha value is -2.06. The normalized spacial score (nSPS) is 38.4. The predicted octanol–water partition coefficient (Wildman–Crippen LogP) is 2.88. The molecule has 1 saturated heterocycles. The van der Waals surface area contributed by atoms with Crippen LogP contribution in [0.4, 0.5) is 4.79 Å². The van der Waals surface area contributed by atoms with Crippen LogP contribution in [-0.4, -0.2) is 41.6 Å². The van der Waals surface area contributed by atoms with Crippen LogP contribution in [0, 0.1) is 23.2 Å². The zero-order valence-corrected chi connectivity index (χ0v) is 18.7. The van der Waals surface area contributed by atoms with Gasteiger partial charge in [0.1, 0.15) is 5.60 Å². The van der Waals surface area contributed by atoms with Crippen LogP contribution in [0.15, 0.2) is 24.3 Å². The van der Waals surface area contributed by atoms with E-state index in [2.05, 4.69) is 19.2 Å². The molecule has 7 atom stereocenters. The fourth-order valence-electron chi connectivity index (χ4n) is 6.43. The van der Waals surface area contributed by atoms with Crippen LogP contribution in [0.25, 0.3) is 0 Å².